The highest BCUT2D eigenvalue weighted by Gasteiger charge is 2.40. The Hall–Kier alpha value is -4.13. The van der Waals surface area contributed by atoms with Crippen molar-refractivity contribution in [2.45, 2.75) is 48.5 Å². The van der Waals surface area contributed by atoms with Gasteiger partial charge in [-0.25, -0.2) is 8.42 Å². The second-order valence-corrected chi connectivity index (χ2v) is 10.4. The van der Waals surface area contributed by atoms with Crippen LogP contribution in [-0.2, 0) is 29.4 Å². The molecular formula is C22H24F3N9O7S. The molecule has 0 amide bonds. The normalized spacial score (nSPS) is 20.7. The molecule has 2 aromatic heterocycles. The molecule has 4 rings (SSSR count). The number of halogens is 3. The van der Waals surface area contributed by atoms with Crippen LogP contribution in [0.1, 0.15) is 11.3 Å². The Labute approximate surface area is 235 Å². The number of terminal acetylenes is 1. The number of nitrogens with zero attached hydrogens (tertiary/aromatic N) is 6. The molecule has 0 spiro atoms. The number of ether oxygens (including phenoxy) is 2. The molecule has 1 fully saturated rings. The first-order valence-electron chi connectivity index (χ1n) is 11.9. The number of anilines is 1. The SMILES string of the molecule is C#CCOc1nc(NNS(=O)(=O)c2cccc(C(F)(F)F)c2)nc(OCc2cn(C[C@H]3N[C@H](CO)[C@@H](O)[C@@H]3O)nn2)n1. The molecular weight excluding hydrogens is 591 g/mol. The summed E-state index contributed by atoms with van der Waals surface area (Å²) in [6.07, 6.45) is -0.402. The van der Waals surface area contributed by atoms with E-state index in [-0.39, 0.29) is 44.1 Å². The number of rotatable bonds is 12. The number of alkyl halides is 3. The van der Waals surface area contributed by atoms with Crippen molar-refractivity contribution >= 4 is 16.0 Å². The van der Waals surface area contributed by atoms with E-state index in [0.29, 0.717) is 6.07 Å². The van der Waals surface area contributed by atoms with Gasteiger partial charge in [0.1, 0.15) is 12.3 Å². The fourth-order valence-electron chi connectivity index (χ4n) is 3.74. The van der Waals surface area contributed by atoms with E-state index in [0.717, 1.165) is 18.2 Å². The van der Waals surface area contributed by atoms with Crippen LogP contribution in [0.25, 0.3) is 0 Å². The number of hydrazine groups is 1. The van der Waals surface area contributed by atoms with Crippen LogP contribution in [0.2, 0.25) is 0 Å². The molecule has 1 aromatic carbocycles. The van der Waals surface area contributed by atoms with E-state index < -0.39 is 56.9 Å². The summed E-state index contributed by atoms with van der Waals surface area (Å²) in [5, 5.41) is 40.1. The fourth-order valence-corrected chi connectivity index (χ4v) is 4.63. The zero-order chi connectivity index (χ0) is 30.5. The standard InChI is InChI=1S/C22H24F3N9O7S/c1-2-6-40-20-27-19(31-33-42(38,39)14-5-3-4-12(7-14)22(23,24)25)28-21(29-20)41-11-13-8-34(32-30-13)9-15-17(36)18(37)16(10-35)26-15/h1,3-5,7-8,15-18,26,33,35-37H,6,9-11H2,(H,27,28,29,31)/t15-,16-,17-,18-/m1/s1. The van der Waals surface area contributed by atoms with E-state index in [1.165, 1.54) is 10.9 Å². The van der Waals surface area contributed by atoms with Crippen LogP contribution < -0.4 is 25.0 Å². The van der Waals surface area contributed by atoms with Crippen molar-refractivity contribution in [3.05, 3.63) is 41.7 Å². The zero-order valence-corrected chi connectivity index (χ0v) is 22.1. The van der Waals surface area contributed by atoms with Gasteiger partial charge in [-0.2, -0.15) is 23.1 Å². The Balaban J connectivity index is 1.42. The first-order chi connectivity index (χ1) is 19.9. The van der Waals surface area contributed by atoms with Gasteiger partial charge in [-0.05, 0) is 18.2 Å². The molecule has 1 aliphatic heterocycles. The molecule has 3 heterocycles. The lowest BCUT2D eigenvalue weighted by Gasteiger charge is -2.15. The molecule has 226 valence electrons. The lowest BCUT2D eigenvalue weighted by molar-refractivity contribution is -0.137. The molecule has 0 bridgehead atoms. The number of aliphatic hydroxyl groups is 3. The summed E-state index contributed by atoms with van der Waals surface area (Å²) in [6.45, 7) is -0.762. The highest BCUT2D eigenvalue weighted by atomic mass is 32.2. The first kappa shape index (κ1) is 30.8. The quantitative estimate of drug-likeness (QED) is 0.100. The van der Waals surface area contributed by atoms with Crippen LogP contribution in [-0.4, -0.2) is 91.2 Å². The molecule has 20 heteroatoms. The predicted molar refractivity (Wildman–Crippen MR) is 134 cm³/mol. The zero-order valence-electron chi connectivity index (χ0n) is 21.3. The third kappa shape index (κ3) is 7.58. The van der Waals surface area contributed by atoms with Gasteiger partial charge in [0, 0.05) is 0 Å². The summed E-state index contributed by atoms with van der Waals surface area (Å²) in [7, 11) is -4.51. The maximum absolute atomic E-state index is 13.0. The number of aromatic nitrogens is 6. The summed E-state index contributed by atoms with van der Waals surface area (Å²) in [5.41, 5.74) is 1.29. The average Bonchev–Trinajstić information content (AvgIpc) is 3.52. The second-order valence-electron chi connectivity index (χ2n) is 8.74. The van der Waals surface area contributed by atoms with E-state index in [2.05, 4.69) is 41.9 Å². The Kier molecular flexibility index (Phi) is 9.40. The summed E-state index contributed by atoms with van der Waals surface area (Å²) >= 11 is 0. The van der Waals surface area contributed by atoms with E-state index in [1.807, 2.05) is 4.83 Å². The van der Waals surface area contributed by atoms with Crippen molar-refractivity contribution in [3.8, 4) is 24.4 Å². The highest BCUT2D eigenvalue weighted by Crippen LogP contribution is 2.30. The van der Waals surface area contributed by atoms with Gasteiger partial charge in [-0.3, -0.25) is 10.1 Å². The molecule has 0 radical (unpaired) electrons. The number of aliphatic hydroxyl groups excluding tert-OH is 3. The summed E-state index contributed by atoms with van der Waals surface area (Å²) in [6, 6.07) is 1.06. The number of benzene rings is 1. The average molecular weight is 616 g/mol. The number of hydrogen-bond acceptors (Lipinski definition) is 14. The maximum atomic E-state index is 13.0. The molecule has 0 aliphatic carbocycles. The Morgan fingerprint density at radius 2 is 1.83 bits per heavy atom. The van der Waals surface area contributed by atoms with Gasteiger partial charge in [0.15, 0.2) is 6.61 Å². The Morgan fingerprint density at radius 3 is 2.50 bits per heavy atom. The maximum Gasteiger partial charge on any atom is 0.416 e. The van der Waals surface area contributed by atoms with Gasteiger partial charge >= 0.3 is 18.2 Å². The van der Waals surface area contributed by atoms with E-state index in [9.17, 15) is 36.9 Å². The minimum atomic E-state index is -4.76. The molecule has 0 unspecified atom stereocenters. The van der Waals surface area contributed by atoms with Crippen LogP contribution in [0, 0.1) is 12.3 Å². The van der Waals surface area contributed by atoms with E-state index >= 15 is 0 Å². The Bertz CT molecular complexity index is 1530. The third-order valence-corrected chi connectivity index (χ3v) is 7.01. The van der Waals surface area contributed by atoms with Crippen molar-refractivity contribution in [2.24, 2.45) is 0 Å². The molecule has 0 saturated carbocycles. The van der Waals surface area contributed by atoms with Crippen molar-refractivity contribution in [1.82, 2.24) is 40.1 Å². The molecule has 3 aromatic rings. The van der Waals surface area contributed by atoms with Crippen LogP contribution >= 0.6 is 0 Å². The molecule has 42 heavy (non-hydrogen) atoms. The van der Waals surface area contributed by atoms with Gasteiger partial charge in [0.2, 0.25) is 5.95 Å². The Morgan fingerprint density at radius 1 is 1.12 bits per heavy atom. The van der Waals surface area contributed by atoms with Crippen molar-refractivity contribution in [3.63, 3.8) is 0 Å². The van der Waals surface area contributed by atoms with Crippen molar-refractivity contribution in [1.29, 1.82) is 0 Å². The highest BCUT2D eigenvalue weighted by molar-refractivity contribution is 7.89. The van der Waals surface area contributed by atoms with Crippen molar-refractivity contribution in [2.75, 3.05) is 18.6 Å². The number of nitrogens with one attached hydrogen (secondary N) is 3. The van der Waals surface area contributed by atoms with Gasteiger partial charge in [0.25, 0.3) is 10.0 Å². The predicted octanol–water partition coefficient (Wildman–Crippen LogP) is -1.57. The largest absolute Gasteiger partial charge is 0.457 e. The lowest BCUT2D eigenvalue weighted by Crippen LogP contribution is -2.38. The topological polar surface area (TPSA) is 219 Å². The second kappa shape index (κ2) is 12.8. The van der Waals surface area contributed by atoms with Gasteiger partial charge in [-0.1, -0.05) is 17.2 Å². The summed E-state index contributed by atoms with van der Waals surface area (Å²) in [4.78, 5) is 12.8. The molecule has 16 nitrogen and oxygen atoms in total. The number of sulfonamides is 1. The van der Waals surface area contributed by atoms with Gasteiger partial charge < -0.3 is 30.1 Å². The fraction of sp³-hybridized carbons (Fsp3) is 0.409. The molecule has 4 atom stereocenters. The minimum absolute atomic E-state index is 0.109. The van der Waals surface area contributed by atoms with Gasteiger partial charge in [0.05, 0.1) is 54.1 Å². The molecule has 1 saturated heterocycles. The van der Waals surface area contributed by atoms with Crippen molar-refractivity contribution < 1.29 is 46.4 Å². The van der Waals surface area contributed by atoms with E-state index in [4.69, 9.17) is 15.9 Å². The summed E-state index contributed by atoms with van der Waals surface area (Å²) < 4.78 is 76.2. The summed E-state index contributed by atoms with van der Waals surface area (Å²) in [5.74, 6) is 1.75. The smallest absolute Gasteiger partial charge is 0.416 e. The van der Waals surface area contributed by atoms with Gasteiger partial charge in [-0.15, -0.1) is 21.3 Å². The first-order valence-corrected chi connectivity index (χ1v) is 13.4. The minimum Gasteiger partial charge on any atom is -0.457 e. The molecule has 6 N–H and O–H groups in total. The van der Waals surface area contributed by atoms with Crippen LogP contribution in [0.15, 0.2) is 35.4 Å². The third-order valence-electron chi connectivity index (χ3n) is 5.77. The van der Waals surface area contributed by atoms with Crippen LogP contribution in [0.4, 0.5) is 19.1 Å². The van der Waals surface area contributed by atoms with Crippen LogP contribution in [0.5, 0.6) is 12.0 Å². The lowest BCUT2D eigenvalue weighted by atomic mass is 10.1. The molecule has 1 aliphatic rings. The van der Waals surface area contributed by atoms with E-state index in [1.54, 1.807) is 0 Å². The number of hydrogen-bond donors (Lipinski definition) is 6. The van der Waals surface area contributed by atoms with Crippen LogP contribution in [0.3, 0.4) is 0 Å². The monoisotopic (exact) mass is 615 g/mol.